The van der Waals surface area contributed by atoms with E-state index in [1.165, 1.54) is 16.2 Å². The molecule has 1 aromatic heterocycles. The molecule has 3 amide bonds. The highest BCUT2D eigenvalue weighted by Crippen LogP contribution is 2.32. The number of anilines is 2. The number of nitrogens with two attached hydrogens (primary N) is 1. The number of carbonyl (C=O) groups is 3. The van der Waals surface area contributed by atoms with Gasteiger partial charge in [0.1, 0.15) is 11.5 Å². The molecule has 124 valence electrons. The van der Waals surface area contributed by atoms with E-state index in [4.69, 9.17) is 5.73 Å². The molecule has 1 aliphatic heterocycles. The van der Waals surface area contributed by atoms with Gasteiger partial charge in [-0.2, -0.15) is 0 Å². The zero-order valence-corrected chi connectivity index (χ0v) is 14.9. The number of rotatable bonds is 4. The lowest BCUT2D eigenvalue weighted by molar-refractivity contribution is -0.121. The molecule has 24 heavy (non-hydrogen) atoms. The van der Waals surface area contributed by atoms with Crippen LogP contribution >= 0.6 is 27.3 Å². The Morgan fingerprint density at radius 2 is 2.04 bits per heavy atom. The van der Waals surface area contributed by atoms with Crippen molar-refractivity contribution in [2.45, 2.75) is 12.8 Å². The largest absolute Gasteiger partial charge is 0.365 e. The Hall–Kier alpha value is -2.19. The smallest absolute Gasteiger partial charge is 0.252 e. The summed E-state index contributed by atoms with van der Waals surface area (Å²) in [6.45, 7) is -0.108. The normalized spacial score (nSPS) is 13.5. The van der Waals surface area contributed by atoms with Gasteiger partial charge >= 0.3 is 0 Å². The van der Waals surface area contributed by atoms with Crippen LogP contribution in [-0.2, 0) is 16.0 Å². The number of aryl methyl sites for hydroxylation is 1. The topological polar surface area (TPSA) is 92.5 Å². The standard InChI is InChI=1S/C16H14BrN3O3S/c17-10-8-24-16(14(10)15(18)23)19-12(21)7-20-11-4-2-1-3-9(11)5-6-13(20)22/h1-4,8H,5-7H2,(H2,18,23)(H,19,21). The summed E-state index contributed by atoms with van der Waals surface area (Å²) in [6.07, 6.45) is 1.05. The lowest BCUT2D eigenvalue weighted by Crippen LogP contribution is -2.40. The summed E-state index contributed by atoms with van der Waals surface area (Å²) in [5.41, 5.74) is 7.36. The lowest BCUT2D eigenvalue weighted by atomic mass is 10.0. The number of thiophene rings is 1. The second-order valence-electron chi connectivity index (χ2n) is 5.31. The molecule has 8 heteroatoms. The Labute approximate surface area is 150 Å². The predicted octanol–water partition coefficient (Wildman–Crippen LogP) is 2.53. The number of fused-ring (bicyclic) bond motifs is 1. The molecule has 3 N–H and O–H groups in total. The Balaban J connectivity index is 1.78. The van der Waals surface area contributed by atoms with Gasteiger partial charge in [-0.15, -0.1) is 11.3 Å². The summed E-state index contributed by atoms with van der Waals surface area (Å²) in [7, 11) is 0. The van der Waals surface area contributed by atoms with Gasteiger partial charge < -0.3 is 16.0 Å². The summed E-state index contributed by atoms with van der Waals surface area (Å²) >= 11 is 4.43. The van der Waals surface area contributed by atoms with E-state index in [9.17, 15) is 14.4 Å². The molecule has 6 nitrogen and oxygen atoms in total. The number of hydrogen-bond donors (Lipinski definition) is 2. The summed E-state index contributed by atoms with van der Waals surface area (Å²) < 4.78 is 0.537. The average molecular weight is 408 g/mol. The van der Waals surface area contributed by atoms with Gasteiger partial charge in [-0.1, -0.05) is 18.2 Å². The third-order valence-corrected chi connectivity index (χ3v) is 5.56. The van der Waals surface area contributed by atoms with E-state index in [0.29, 0.717) is 22.3 Å². The zero-order valence-electron chi connectivity index (χ0n) is 12.5. The van der Waals surface area contributed by atoms with Crippen molar-refractivity contribution >= 4 is 55.7 Å². The van der Waals surface area contributed by atoms with Gasteiger partial charge in [-0.25, -0.2) is 0 Å². The molecular weight excluding hydrogens is 394 g/mol. The first-order valence-electron chi connectivity index (χ1n) is 7.22. The first kappa shape index (κ1) is 16.7. The van der Waals surface area contributed by atoms with E-state index < -0.39 is 5.91 Å². The van der Waals surface area contributed by atoms with Crippen LogP contribution in [0.2, 0.25) is 0 Å². The number of para-hydroxylation sites is 1. The van der Waals surface area contributed by atoms with Gasteiger partial charge in [-0.3, -0.25) is 14.4 Å². The minimum atomic E-state index is -0.627. The Kier molecular flexibility index (Phi) is 4.68. The van der Waals surface area contributed by atoms with E-state index in [1.807, 2.05) is 24.3 Å². The number of halogens is 1. The second kappa shape index (κ2) is 6.74. The monoisotopic (exact) mass is 407 g/mol. The molecular formula is C16H14BrN3O3S. The van der Waals surface area contributed by atoms with Crippen molar-refractivity contribution in [3.63, 3.8) is 0 Å². The molecule has 0 unspecified atom stereocenters. The van der Waals surface area contributed by atoms with Crippen LogP contribution in [-0.4, -0.2) is 24.3 Å². The van der Waals surface area contributed by atoms with Crippen molar-refractivity contribution in [3.8, 4) is 0 Å². The molecule has 2 aromatic rings. The highest BCUT2D eigenvalue weighted by atomic mass is 79.9. The Bertz CT molecular complexity index is 834. The van der Waals surface area contributed by atoms with Crippen LogP contribution < -0.4 is 16.0 Å². The summed E-state index contributed by atoms with van der Waals surface area (Å²) in [4.78, 5) is 37.5. The number of nitrogens with zero attached hydrogens (tertiary/aromatic N) is 1. The average Bonchev–Trinajstić information content (AvgIpc) is 2.90. The van der Waals surface area contributed by atoms with E-state index in [-0.39, 0.29) is 23.9 Å². The van der Waals surface area contributed by atoms with E-state index in [1.54, 1.807) is 5.38 Å². The SMILES string of the molecule is NC(=O)c1c(Br)csc1NC(=O)CN1C(=O)CCc2ccccc21. The number of hydrogen-bond acceptors (Lipinski definition) is 4. The molecule has 0 saturated carbocycles. The molecule has 0 saturated heterocycles. The lowest BCUT2D eigenvalue weighted by Gasteiger charge is -2.28. The fourth-order valence-electron chi connectivity index (χ4n) is 2.64. The minimum absolute atomic E-state index is 0.0914. The van der Waals surface area contributed by atoms with Crippen molar-refractivity contribution in [3.05, 3.63) is 45.2 Å². The third-order valence-electron chi connectivity index (χ3n) is 3.74. The minimum Gasteiger partial charge on any atom is -0.365 e. The van der Waals surface area contributed by atoms with Gasteiger partial charge in [0, 0.05) is 22.0 Å². The highest BCUT2D eigenvalue weighted by molar-refractivity contribution is 9.10. The van der Waals surface area contributed by atoms with Gasteiger partial charge in [0.15, 0.2) is 0 Å². The molecule has 0 radical (unpaired) electrons. The van der Waals surface area contributed by atoms with Crippen molar-refractivity contribution in [2.24, 2.45) is 5.73 Å². The number of benzene rings is 1. The van der Waals surface area contributed by atoms with E-state index in [2.05, 4.69) is 21.2 Å². The van der Waals surface area contributed by atoms with Crippen molar-refractivity contribution < 1.29 is 14.4 Å². The van der Waals surface area contributed by atoms with Crippen LogP contribution in [0.25, 0.3) is 0 Å². The maximum atomic E-state index is 12.4. The Morgan fingerprint density at radius 1 is 1.29 bits per heavy atom. The second-order valence-corrected chi connectivity index (χ2v) is 7.04. The summed E-state index contributed by atoms with van der Waals surface area (Å²) in [5.74, 6) is -1.10. The van der Waals surface area contributed by atoms with Crippen LogP contribution in [0.4, 0.5) is 10.7 Å². The number of primary amides is 1. The first-order chi connectivity index (χ1) is 11.5. The quantitative estimate of drug-likeness (QED) is 0.815. The molecule has 0 bridgehead atoms. The maximum absolute atomic E-state index is 12.4. The molecule has 1 aliphatic rings. The highest BCUT2D eigenvalue weighted by Gasteiger charge is 2.26. The molecule has 0 spiro atoms. The number of amides is 3. The van der Waals surface area contributed by atoms with Gasteiger partial charge in [-0.05, 0) is 34.0 Å². The molecule has 2 heterocycles. The van der Waals surface area contributed by atoms with Crippen LogP contribution in [0.15, 0.2) is 34.1 Å². The third kappa shape index (κ3) is 3.20. The number of nitrogens with one attached hydrogen (secondary N) is 1. The maximum Gasteiger partial charge on any atom is 0.252 e. The molecule has 1 aromatic carbocycles. The molecule has 3 rings (SSSR count). The van der Waals surface area contributed by atoms with Gasteiger partial charge in [0.25, 0.3) is 5.91 Å². The van der Waals surface area contributed by atoms with Crippen molar-refractivity contribution in [1.29, 1.82) is 0 Å². The van der Waals surface area contributed by atoms with Crippen LogP contribution in [0.1, 0.15) is 22.3 Å². The van der Waals surface area contributed by atoms with Crippen LogP contribution in [0.5, 0.6) is 0 Å². The molecule has 0 atom stereocenters. The zero-order chi connectivity index (χ0) is 17.3. The molecule has 0 aliphatic carbocycles. The van der Waals surface area contributed by atoms with Crippen molar-refractivity contribution in [1.82, 2.24) is 0 Å². The van der Waals surface area contributed by atoms with Crippen LogP contribution in [0, 0.1) is 0 Å². The van der Waals surface area contributed by atoms with E-state index in [0.717, 1.165) is 11.3 Å². The summed E-state index contributed by atoms with van der Waals surface area (Å²) in [5, 5.41) is 4.72. The Morgan fingerprint density at radius 3 is 2.79 bits per heavy atom. The van der Waals surface area contributed by atoms with Crippen LogP contribution in [0.3, 0.4) is 0 Å². The van der Waals surface area contributed by atoms with Crippen molar-refractivity contribution in [2.75, 3.05) is 16.8 Å². The van der Waals surface area contributed by atoms with Gasteiger partial charge in [0.05, 0.1) is 5.56 Å². The number of carbonyl (C=O) groups excluding carboxylic acids is 3. The summed E-state index contributed by atoms with van der Waals surface area (Å²) in [6, 6.07) is 7.53. The first-order valence-corrected chi connectivity index (χ1v) is 8.89. The van der Waals surface area contributed by atoms with E-state index >= 15 is 0 Å². The fourth-order valence-corrected chi connectivity index (χ4v) is 4.28. The predicted molar refractivity (Wildman–Crippen MR) is 96.3 cm³/mol. The fraction of sp³-hybridized carbons (Fsp3) is 0.188. The van der Waals surface area contributed by atoms with Gasteiger partial charge in [0.2, 0.25) is 11.8 Å². The molecule has 0 fully saturated rings.